The van der Waals surface area contributed by atoms with Crippen LogP contribution in [0.15, 0.2) is 18.2 Å². The zero-order chi connectivity index (χ0) is 15.2. The molecule has 0 saturated carbocycles. The number of non-ortho nitro benzene ring substituents is 1. The minimum Gasteiger partial charge on any atom is -0.493 e. The van der Waals surface area contributed by atoms with Gasteiger partial charge in [0, 0.05) is 37.5 Å². The van der Waals surface area contributed by atoms with Crippen LogP contribution in [-0.2, 0) is 0 Å². The molecule has 1 aromatic rings. The van der Waals surface area contributed by atoms with Crippen molar-refractivity contribution in [2.45, 2.75) is 26.2 Å². The molecule has 1 fully saturated rings. The maximum absolute atomic E-state index is 11.1. The van der Waals surface area contributed by atoms with E-state index in [1.807, 2.05) is 13.0 Å². The zero-order valence-electron chi connectivity index (χ0n) is 12.3. The number of nitrogens with zero attached hydrogens (tertiary/aromatic N) is 2. The summed E-state index contributed by atoms with van der Waals surface area (Å²) in [5.74, 6) is 0.890. The fourth-order valence-corrected chi connectivity index (χ4v) is 2.53. The minimum absolute atomic E-state index is 0.0582. The van der Waals surface area contributed by atoms with Crippen LogP contribution in [0.4, 0.5) is 11.4 Å². The lowest BCUT2D eigenvalue weighted by Gasteiger charge is -2.32. The number of hydrogen-bond donors (Lipinski definition) is 1. The molecule has 116 valence electrons. The van der Waals surface area contributed by atoms with Crippen molar-refractivity contribution in [3.05, 3.63) is 28.3 Å². The summed E-state index contributed by atoms with van der Waals surface area (Å²) in [6.07, 6.45) is 2.68. The Hall–Kier alpha value is -1.82. The van der Waals surface area contributed by atoms with Crippen molar-refractivity contribution in [2.75, 3.05) is 31.2 Å². The van der Waals surface area contributed by atoms with E-state index in [1.54, 1.807) is 6.07 Å². The fraction of sp³-hybridized carbons (Fsp3) is 0.600. The number of nitro groups is 1. The number of aliphatic hydroxyl groups excluding tert-OH is 1. The number of rotatable bonds is 6. The van der Waals surface area contributed by atoms with Crippen LogP contribution in [0.2, 0.25) is 0 Å². The highest BCUT2D eigenvalue weighted by Crippen LogP contribution is 2.31. The van der Waals surface area contributed by atoms with Gasteiger partial charge in [-0.25, -0.2) is 0 Å². The van der Waals surface area contributed by atoms with Gasteiger partial charge in [0.25, 0.3) is 5.69 Å². The van der Waals surface area contributed by atoms with Crippen molar-refractivity contribution in [3.63, 3.8) is 0 Å². The van der Waals surface area contributed by atoms with Crippen LogP contribution >= 0.6 is 0 Å². The van der Waals surface area contributed by atoms with E-state index in [1.165, 1.54) is 6.07 Å². The molecule has 0 aliphatic carbocycles. The van der Waals surface area contributed by atoms with E-state index in [-0.39, 0.29) is 17.2 Å². The van der Waals surface area contributed by atoms with Gasteiger partial charge in [0.05, 0.1) is 17.6 Å². The van der Waals surface area contributed by atoms with Crippen LogP contribution < -0.4 is 9.64 Å². The number of hydrogen-bond acceptors (Lipinski definition) is 5. The number of ether oxygens (including phenoxy) is 1. The second-order valence-electron chi connectivity index (χ2n) is 5.40. The second kappa shape index (κ2) is 7.26. The number of anilines is 1. The molecule has 0 spiro atoms. The zero-order valence-corrected chi connectivity index (χ0v) is 12.3. The van der Waals surface area contributed by atoms with Gasteiger partial charge in [-0.05, 0) is 25.2 Å². The van der Waals surface area contributed by atoms with Crippen molar-refractivity contribution in [1.29, 1.82) is 0 Å². The van der Waals surface area contributed by atoms with Crippen LogP contribution in [0.5, 0.6) is 5.75 Å². The summed E-state index contributed by atoms with van der Waals surface area (Å²) in [5, 5.41) is 20.2. The molecule has 0 aromatic heterocycles. The lowest BCUT2D eigenvalue weighted by atomic mass is 9.97. The Morgan fingerprint density at radius 3 is 2.67 bits per heavy atom. The summed E-state index contributed by atoms with van der Waals surface area (Å²) in [6.45, 7) is 4.37. The van der Waals surface area contributed by atoms with Crippen molar-refractivity contribution in [2.24, 2.45) is 5.92 Å². The summed E-state index contributed by atoms with van der Waals surface area (Å²) in [4.78, 5) is 12.8. The summed E-state index contributed by atoms with van der Waals surface area (Å²) >= 11 is 0. The average Bonchev–Trinajstić information content (AvgIpc) is 2.52. The first-order valence-corrected chi connectivity index (χ1v) is 7.42. The van der Waals surface area contributed by atoms with Crippen molar-refractivity contribution in [1.82, 2.24) is 0 Å². The molecule has 0 amide bonds. The molecule has 0 atom stereocenters. The molecule has 1 aliphatic heterocycles. The highest BCUT2D eigenvalue weighted by Gasteiger charge is 2.21. The Kier molecular flexibility index (Phi) is 5.38. The summed E-state index contributed by atoms with van der Waals surface area (Å²) in [6, 6.07) is 4.93. The molecule has 1 heterocycles. The standard InChI is InChI=1S/C15H22N2O4/c1-2-7-21-15-9-13(8-14(10-15)17(19)20)16-5-3-12(11-18)4-6-16/h8-10,12,18H,2-7,11H2,1H3. The van der Waals surface area contributed by atoms with Crippen LogP contribution in [0, 0.1) is 16.0 Å². The topological polar surface area (TPSA) is 75.8 Å². The normalized spacial score (nSPS) is 16.0. The Bertz CT molecular complexity index is 485. The monoisotopic (exact) mass is 294 g/mol. The van der Waals surface area contributed by atoms with Gasteiger partial charge in [0.2, 0.25) is 0 Å². The first kappa shape index (κ1) is 15.6. The van der Waals surface area contributed by atoms with Crippen molar-refractivity contribution < 1.29 is 14.8 Å². The number of benzene rings is 1. The summed E-state index contributed by atoms with van der Waals surface area (Å²) in [7, 11) is 0. The van der Waals surface area contributed by atoms with E-state index in [0.29, 0.717) is 18.3 Å². The van der Waals surface area contributed by atoms with Gasteiger partial charge in [-0.1, -0.05) is 6.92 Å². The maximum Gasteiger partial charge on any atom is 0.275 e. The third-order valence-electron chi connectivity index (χ3n) is 3.80. The Labute approximate surface area is 124 Å². The molecule has 6 heteroatoms. The fourth-order valence-electron chi connectivity index (χ4n) is 2.53. The van der Waals surface area contributed by atoms with E-state index >= 15 is 0 Å². The summed E-state index contributed by atoms with van der Waals surface area (Å²) in [5.41, 5.74) is 0.884. The number of piperidine rings is 1. The Morgan fingerprint density at radius 2 is 2.10 bits per heavy atom. The quantitative estimate of drug-likeness (QED) is 0.644. The van der Waals surface area contributed by atoms with Gasteiger partial charge in [0.1, 0.15) is 5.75 Å². The van der Waals surface area contributed by atoms with Gasteiger partial charge in [0.15, 0.2) is 0 Å². The van der Waals surface area contributed by atoms with E-state index in [2.05, 4.69) is 4.90 Å². The van der Waals surface area contributed by atoms with E-state index in [9.17, 15) is 15.2 Å². The minimum atomic E-state index is -0.386. The van der Waals surface area contributed by atoms with Gasteiger partial charge < -0.3 is 14.7 Å². The highest BCUT2D eigenvalue weighted by molar-refractivity contribution is 5.58. The lowest BCUT2D eigenvalue weighted by molar-refractivity contribution is -0.384. The van der Waals surface area contributed by atoms with Gasteiger partial charge in [-0.2, -0.15) is 0 Å². The van der Waals surface area contributed by atoms with Crippen molar-refractivity contribution >= 4 is 11.4 Å². The van der Waals surface area contributed by atoms with Crippen LogP contribution in [0.3, 0.4) is 0 Å². The smallest absolute Gasteiger partial charge is 0.275 e. The molecule has 21 heavy (non-hydrogen) atoms. The van der Waals surface area contributed by atoms with Crippen molar-refractivity contribution in [3.8, 4) is 5.75 Å². The number of nitro benzene ring substituents is 1. The molecule has 6 nitrogen and oxygen atoms in total. The molecule has 2 rings (SSSR count). The van der Waals surface area contributed by atoms with Gasteiger partial charge in [-0.3, -0.25) is 10.1 Å². The number of aliphatic hydroxyl groups is 1. The predicted octanol–water partition coefficient (Wildman–Crippen LogP) is 2.59. The van der Waals surface area contributed by atoms with E-state index in [4.69, 9.17) is 4.74 Å². The predicted molar refractivity (Wildman–Crippen MR) is 80.9 cm³/mol. The average molecular weight is 294 g/mol. The first-order chi connectivity index (χ1) is 10.1. The SMILES string of the molecule is CCCOc1cc(N2CCC(CO)CC2)cc([N+](=O)[O-])c1. The third-order valence-corrected chi connectivity index (χ3v) is 3.80. The molecule has 1 saturated heterocycles. The molecule has 1 aromatic carbocycles. The summed E-state index contributed by atoms with van der Waals surface area (Å²) < 4.78 is 5.55. The lowest BCUT2D eigenvalue weighted by Crippen LogP contribution is -2.34. The molecule has 0 unspecified atom stereocenters. The largest absolute Gasteiger partial charge is 0.493 e. The third kappa shape index (κ3) is 4.07. The molecule has 0 radical (unpaired) electrons. The molecule has 0 bridgehead atoms. The highest BCUT2D eigenvalue weighted by atomic mass is 16.6. The second-order valence-corrected chi connectivity index (χ2v) is 5.40. The van der Waals surface area contributed by atoms with Crippen LogP contribution in [0.1, 0.15) is 26.2 Å². The molecular weight excluding hydrogens is 272 g/mol. The molecular formula is C15H22N2O4. The van der Waals surface area contributed by atoms with Crippen LogP contribution in [-0.4, -0.2) is 36.3 Å². The maximum atomic E-state index is 11.1. The Balaban J connectivity index is 2.17. The molecule has 1 N–H and O–H groups in total. The van der Waals surface area contributed by atoms with Gasteiger partial charge in [-0.15, -0.1) is 0 Å². The Morgan fingerprint density at radius 1 is 1.38 bits per heavy atom. The van der Waals surface area contributed by atoms with Gasteiger partial charge >= 0.3 is 0 Å². The first-order valence-electron chi connectivity index (χ1n) is 7.42. The van der Waals surface area contributed by atoms with Crippen LogP contribution in [0.25, 0.3) is 0 Å². The molecule has 1 aliphatic rings. The van der Waals surface area contributed by atoms with E-state index < -0.39 is 0 Å². The van der Waals surface area contributed by atoms with E-state index in [0.717, 1.165) is 38.0 Å².